The number of fused-ring (bicyclic) bond motifs is 3. The van der Waals surface area contributed by atoms with Crippen LogP contribution in [0.5, 0.6) is 5.75 Å². The number of hydrogen-bond acceptors (Lipinski definition) is 8. The molecule has 0 saturated heterocycles. The molecule has 15 heteroatoms. The summed E-state index contributed by atoms with van der Waals surface area (Å²) < 4.78 is 10.8. The van der Waals surface area contributed by atoms with Crippen molar-refractivity contribution in [3.63, 3.8) is 0 Å². The van der Waals surface area contributed by atoms with Gasteiger partial charge in [0.05, 0.1) is 24.5 Å². The van der Waals surface area contributed by atoms with E-state index in [2.05, 4.69) is 21.3 Å². The largest absolute Gasteiger partial charge is 0.497 e. The predicted octanol–water partition coefficient (Wildman–Crippen LogP) is 5.83. The number of ether oxygens (including phenoxy) is 2. The van der Waals surface area contributed by atoms with Crippen molar-refractivity contribution >= 4 is 75.4 Å². The van der Waals surface area contributed by atoms with Gasteiger partial charge in [0.2, 0.25) is 11.8 Å². The van der Waals surface area contributed by atoms with E-state index in [1.54, 1.807) is 62.3 Å². The van der Waals surface area contributed by atoms with Crippen LogP contribution in [0.25, 0.3) is 16.8 Å². The second-order valence-electron chi connectivity index (χ2n) is 14.0. The Morgan fingerprint density at radius 3 is 2.30 bits per heavy atom. The number of alkyl halides is 1. The maximum absolute atomic E-state index is 13.6. The zero-order chi connectivity index (χ0) is 41.1. The maximum Gasteiger partial charge on any atom is 0.411 e. The molecule has 8 N–H and O–H groups in total. The highest BCUT2D eigenvalue weighted by Gasteiger charge is 2.34. The minimum Gasteiger partial charge on any atom is -0.497 e. The lowest BCUT2D eigenvalue weighted by atomic mass is 9.95. The van der Waals surface area contributed by atoms with E-state index in [9.17, 15) is 24.0 Å². The summed E-state index contributed by atoms with van der Waals surface area (Å²) in [7, 11) is 1.59. The highest BCUT2D eigenvalue weighted by molar-refractivity contribution is 6.19. The lowest BCUT2D eigenvalue weighted by Crippen LogP contribution is -2.51. The fraction of sp³-hybridized carbons (Fsp3) is 0.310. The van der Waals surface area contributed by atoms with Gasteiger partial charge in [0.25, 0.3) is 5.91 Å². The molecule has 0 aromatic heterocycles. The Labute approximate surface area is 336 Å². The van der Waals surface area contributed by atoms with Crippen molar-refractivity contribution in [2.45, 2.75) is 51.3 Å². The molecule has 0 spiro atoms. The summed E-state index contributed by atoms with van der Waals surface area (Å²) in [6, 6.07) is 21.0. The Morgan fingerprint density at radius 1 is 0.947 bits per heavy atom. The van der Waals surface area contributed by atoms with Crippen LogP contribution in [0.4, 0.5) is 26.7 Å². The van der Waals surface area contributed by atoms with Crippen LogP contribution in [-0.2, 0) is 25.7 Å². The fourth-order valence-electron chi connectivity index (χ4n) is 6.42. The van der Waals surface area contributed by atoms with Gasteiger partial charge in [-0.3, -0.25) is 19.7 Å². The van der Waals surface area contributed by atoms with E-state index in [1.165, 1.54) is 6.08 Å². The van der Waals surface area contributed by atoms with Crippen LogP contribution in [0, 0.1) is 5.92 Å². The Hall–Kier alpha value is -6.12. The standard InChI is InChI=1S/C42H48ClN7O7/c1-25(2)38(44)40(53)48-33(9-6-20-46-41(45)54)39(52)47-29-15-10-27(11-16-29)24-57-42(55)49-34-21-35-37(32-8-5-4-7-31(32)34)28(22-43)23-50(35)36(51)19-14-26-12-17-30(56-3)18-13-26/h4-5,7-8,10-19,21,25,28,33,38H,6,9,20,22-24,44H2,1-3H3,(H,47,52)(H,48,53)(H,49,55)(H3,45,46,54)/b19-14+/t28?,33-,38-/m0/s1. The van der Waals surface area contributed by atoms with Crippen LogP contribution in [-0.4, -0.2) is 68.0 Å². The van der Waals surface area contributed by atoms with Gasteiger partial charge in [-0.1, -0.05) is 62.4 Å². The third-order valence-electron chi connectivity index (χ3n) is 9.60. The topological polar surface area (TPSA) is 207 Å². The molecule has 1 aliphatic heterocycles. The molecular weight excluding hydrogens is 750 g/mol. The average Bonchev–Trinajstić information content (AvgIpc) is 3.59. The number of carbonyl (C=O) groups is 5. The summed E-state index contributed by atoms with van der Waals surface area (Å²) in [4.78, 5) is 65.4. The van der Waals surface area contributed by atoms with Crippen LogP contribution in [0.3, 0.4) is 0 Å². The van der Waals surface area contributed by atoms with Crippen molar-refractivity contribution < 1.29 is 33.4 Å². The van der Waals surface area contributed by atoms with Gasteiger partial charge in [-0.05, 0) is 77.2 Å². The second-order valence-corrected chi connectivity index (χ2v) is 14.3. The molecule has 57 heavy (non-hydrogen) atoms. The Kier molecular flexibility index (Phi) is 14.5. The number of nitrogens with zero attached hydrogens (tertiary/aromatic N) is 1. The Morgan fingerprint density at radius 2 is 1.65 bits per heavy atom. The van der Waals surface area contributed by atoms with Crippen molar-refractivity contribution in [3.05, 3.63) is 102 Å². The molecule has 5 rings (SSSR count). The number of urea groups is 1. The van der Waals surface area contributed by atoms with Crippen LogP contribution in [0.1, 0.15) is 49.3 Å². The van der Waals surface area contributed by atoms with Crippen molar-refractivity contribution in [2.24, 2.45) is 17.4 Å². The lowest BCUT2D eigenvalue weighted by molar-refractivity contribution is -0.128. The molecule has 1 unspecified atom stereocenters. The lowest BCUT2D eigenvalue weighted by Gasteiger charge is -2.22. The first-order valence-electron chi connectivity index (χ1n) is 18.6. The molecule has 4 aromatic carbocycles. The first kappa shape index (κ1) is 42.0. The van der Waals surface area contributed by atoms with Gasteiger partial charge < -0.3 is 41.8 Å². The number of amides is 6. The van der Waals surface area contributed by atoms with Crippen molar-refractivity contribution in [1.29, 1.82) is 0 Å². The number of methoxy groups -OCH3 is 1. The molecule has 0 aliphatic carbocycles. The third-order valence-corrected chi connectivity index (χ3v) is 9.98. The predicted molar refractivity (Wildman–Crippen MR) is 222 cm³/mol. The Bertz CT molecular complexity index is 2110. The van der Waals surface area contributed by atoms with Crippen LogP contribution in [0.15, 0.2) is 84.9 Å². The van der Waals surface area contributed by atoms with Crippen molar-refractivity contribution in [2.75, 3.05) is 41.6 Å². The van der Waals surface area contributed by atoms with Crippen LogP contribution >= 0.6 is 11.6 Å². The highest BCUT2D eigenvalue weighted by Crippen LogP contribution is 2.45. The van der Waals surface area contributed by atoms with Crippen LogP contribution in [0.2, 0.25) is 0 Å². The van der Waals surface area contributed by atoms with E-state index in [0.29, 0.717) is 47.2 Å². The quantitative estimate of drug-likeness (QED) is 0.0461. The van der Waals surface area contributed by atoms with Gasteiger partial charge in [-0.15, -0.1) is 11.6 Å². The fourth-order valence-corrected chi connectivity index (χ4v) is 6.67. The van der Waals surface area contributed by atoms with E-state index in [0.717, 1.165) is 21.9 Å². The highest BCUT2D eigenvalue weighted by atomic mass is 35.5. The van der Waals surface area contributed by atoms with Gasteiger partial charge in [0.15, 0.2) is 0 Å². The molecule has 14 nitrogen and oxygen atoms in total. The maximum atomic E-state index is 13.6. The van der Waals surface area contributed by atoms with Crippen molar-refractivity contribution in [1.82, 2.24) is 10.6 Å². The summed E-state index contributed by atoms with van der Waals surface area (Å²) in [5, 5.41) is 12.5. The molecule has 0 saturated carbocycles. The van der Waals surface area contributed by atoms with E-state index >= 15 is 0 Å². The molecule has 0 fully saturated rings. The molecule has 1 aliphatic rings. The van der Waals surface area contributed by atoms with Gasteiger partial charge in [-0.25, -0.2) is 9.59 Å². The molecule has 0 bridgehead atoms. The summed E-state index contributed by atoms with van der Waals surface area (Å²) in [6.45, 7) is 4.15. The number of nitrogens with one attached hydrogen (secondary N) is 4. The number of hydrogen-bond donors (Lipinski definition) is 6. The van der Waals surface area contributed by atoms with Gasteiger partial charge in [-0.2, -0.15) is 0 Å². The smallest absolute Gasteiger partial charge is 0.411 e. The molecule has 1 heterocycles. The molecular formula is C42H48ClN7O7. The first-order valence-corrected chi connectivity index (χ1v) is 19.1. The molecule has 4 aromatic rings. The number of rotatable bonds is 16. The number of nitrogens with two attached hydrogens (primary N) is 2. The Balaban J connectivity index is 1.24. The summed E-state index contributed by atoms with van der Waals surface area (Å²) in [6.07, 6.45) is 3.16. The third kappa shape index (κ3) is 11.0. The van der Waals surface area contributed by atoms with Crippen molar-refractivity contribution in [3.8, 4) is 5.75 Å². The monoisotopic (exact) mass is 797 g/mol. The van der Waals surface area contributed by atoms with E-state index in [1.807, 2.05) is 48.5 Å². The number of anilines is 3. The number of primary amides is 1. The zero-order valence-corrected chi connectivity index (χ0v) is 32.8. The normalized spacial score (nSPS) is 14.5. The molecule has 300 valence electrons. The second kappa shape index (κ2) is 19.6. The van der Waals surface area contributed by atoms with E-state index < -0.39 is 36.0 Å². The summed E-state index contributed by atoms with van der Waals surface area (Å²) in [5.74, 6) is -0.384. The van der Waals surface area contributed by atoms with E-state index in [-0.39, 0.29) is 37.3 Å². The number of benzene rings is 4. The summed E-state index contributed by atoms with van der Waals surface area (Å²) >= 11 is 6.44. The zero-order valence-electron chi connectivity index (χ0n) is 32.0. The molecule has 0 radical (unpaired) electrons. The molecule has 6 amide bonds. The van der Waals surface area contributed by atoms with E-state index in [4.69, 9.17) is 32.5 Å². The molecule has 3 atom stereocenters. The summed E-state index contributed by atoms with van der Waals surface area (Å²) in [5.41, 5.74) is 15.1. The van der Waals surface area contributed by atoms with Gasteiger partial charge >= 0.3 is 12.1 Å². The average molecular weight is 798 g/mol. The SMILES string of the molecule is COc1ccc(/C=C/C(=O)N2CC(CCl)c3c2cc(NC(=O)OCc2ccc(NC(=O)[C@H](CCCNC(N)=O)NC(=O)[C@@H](N)C(C)C)cc2)c2ccccc32)cc1. The number of halogens is 1. The van der Waals surface area contributed by atoms with Gasteiger partial charge in [0, 0.05) is 42.0 Å². The van der Waals surface area contributed by atoms with Crippen LogP contribution < -0.4 is 42.4 Å². The van der Waals surface area contributed by atoms with Gasteiger partial charge in [0.1, 0.15) is 18.4 Å². The minimum absolute atomic E-state index is 0.0728. The minimum atomic E-state index is -0.916. The first-order chi connectivity index (χ1) is 27.4. The number of carbonyl (C=O) groups excluding carboxylic acids is 5.